The van der Waals surface area contributed by atoms with E-state index in [2.05, 4.69) is 82.2 Å². The molecule has 0 saturated heterocycles. The first kappa shape index (κ1) is 17.6. The summed E-state index contributed by atoms with van der Waals surface area (Å²) in [6.07, 6.45) is 1.86. The molecule has 0 aliphatic carbocycles. The van der Waals surface area contributed by atoms with Crippen molar-refractivity contribution in [3.05, 3.63) is 109 Å². The lowest BCUT2D eigenvalue weighted by Crippen LogP contribution is -2.14. The van der Waals surface area contributed by atoms with Gasteiger partial charge in [-0.05, 0) is 54.1 Å². The molecule has 4 heteroatoms. The van der Waals surface area contributed by atoms with E-state index in [1.54, 1.807) is 11.8 Å². The highest BCUT2D eigenvalue weighted by atomic mass is 32.2. The summed E-state index contributed by atoms with van der Waals surface area (Å²) >= 11 is 1.80. The smallest absolute Gasteiger partial charge is 0.0602 e. The molecule has 3 nitrogen and oxygen atoms in total. The highest BCUT2D eigenvalue weighted by molar-refractivity contribution is 7.99. The Hall–Kier alpha value is -3.50. The number of fused-ring (bicyclic) bond motifs is 2. The van der Waals surface area contributed by atoms with Gasteiger partial charge in [-0.1, -0.05) is 66.4 Å². The van der Waals surface area contributed by atoms with Crippen molar-refractivity contribution in [2.24, 2.45) is 5.10 Å². The quantitative estimate of drug-likeness (QED) is 0.261. The molecule has 1 aliphatic rings. The first-order chi connectivity index (χ1) is 14.4. The Morgan fingerprint density at radius 1 is 0.690 bits per heavy atom. The summed E-state index contributed by atoms with van der Waals surface area (Å²) in [6.45, 7) is 0. The molecular weight excluding hydrogens is 374 g/mol. The molecule has 0 amide bonds. The van der Waals surface area contributed by atoms with Crippen LogP contribution in [0.4, 0.5) is 22.7 Å². The molecule has 1 heterocycles. The minimum Gasteiger partial charge on any atom is -0.308 e. The topological polar surface area (TPSA) is 27.6 Å². The van der Waals surface area contributed by atoms with E-state index in [4.69, 9.17) is 0 Å². The summed E-state index contributed by atoms with van der Waals surface area (Å²) in [7, 11) is 0. The van der Waals surface area contributed by atoms with Crippen LogP contribution in [-0.2, 0) is 0 Å². The number of benzene rings is 4. The average Bonchev–Trinajstić information content (AvgIpc) is 2.78. The molecule has 5 rings (SSSR count). The Kier molecular flexibility index (Phi) is 4.76. The summed E-state index contributed by atoms with van der Waals surface area (Å²) in [6, 6.07) is 35.5. The monoisotopic (exact) mass is 393 g/mol. The van der Waals surface area contributed by atoms with Gasteiger partial charge >= 0.3 is 0 Å². The van der Waals surface area contributed by atoms with Crippen LogP contribution in [0.25, 0.3) is 0 Å². The molecule has 0 aromatic heterocycles. The van der Waals surface area contributed by atoms with Gasteiger partial charge < -0.3 is 4.90 Å². The maximum atomic E-state index is 4.38. The minimum absolute atomic E-state index is 0.972. The summed E-state index contributed by atoms with van der Waals surface area (Å²) in [4.78, 5) is 4.79. The third-order valence-corrected chi connectivity index (χ3v) is 5.86. The molecule has 0 unspecified atom stereocenters. The van der Waals surface area contributed by atoms with Crippen LogP contribution in [-0.4, -0.2) is 6.21 Å². The van der Waals surface area contributed by atoms with Gasteiger partial charge in [-0.25, -0.2) is 0 Å². The van der Waals surface area contributed by atoms with Crippen LogP contribution in [0.3, 0.4) is 0 Å². The molecule has 0 fully saturated rings. The van der Waals surface area contributed by atoms with E-state index in [-0.39, 0.29) is 0 Å². The average molecular weight is 394 g/mol. The number of hydrogen-bond donors (Lipinski definition) is 1. The second-order valence-electron chi connectivity index (χ2n) is 6.70. The Morgan fingerprint density at radius 3 is 2.21 bits per heavy atom. The maximum absolute atomic E-state index is 4.38. The van der Waals surface area contributed by atoms with Gasteiger partial charge in [0.1, 0.15) is 0 Å². The lowest BCUT2D eigenvalue weighted by Gasteiger charge is -2.33. The number of hydrogen-bond acceptors (Lipinski definition) is 4. The molecule has 0 radical (unpaired) electrons. The third kappa shape index (κ3) is 3.62. The van der Waals surface area contributed by atoms with E-state index in [1.807, 2.05) is 42.6 Å². The summed E-state index contributed by atoms with van der Waals surface area (Å²) in [5.41, 5.74) is 8.67. The van der Waals surface area contributed by atoms with Crippen molar-refractivity contribution in [1.82, 2.24) is 0 Å². The second-order valence-corrected chi connectivity index (χ2v) is 7.79. The van der Waals surface area contributed by atoms with Gasteiger partial charge in [0, 0.05) is 15.5 Å². The van der Waals surface area contributed by atoms with E-state index in [1.165, 1.54) is 21.2 Å². The van der Waals surface area contributed by atoms with Crippen LogP contribution in [0, 0.1) is 0 Å². The van der Waals surface area contributed by atoms with Crippen molar-refractivity contribution in [1.29, 1.82) is 0 Å². The van der Waals surface area contributed by atoms with Crippen molar-refractivity contribution in [3.8, 4) is 0 Å². The zero-order valence-corrected chi connectivity index (χ0v) is 16.5. The first-order valence-electron chi connectivity index (χ1n) is 9.49. The summed E-state index contributed by atoms with van der Waals surface area (Å²) in [5, 5.41) is 4.38. The zero-order chi connectivity index (χ0) is 19.5. The van der Waals surface area contributed by atoms with Crippen molar-refractivity contribution >= 4 is 40.7 Å². The largest absolute Gasteiger partial charge is 0.308 e. The molecular formula is C25H19N3S. The molecule has 1 N–H and O–H groups in total. The molecule has 0 saturated carbocycles. The van der Waals surface area contributed by atoms with Crippen LogP contribution >= 0.6 is 11.8 Å². The maximum Gasteiger partial charge on any atom is 0.0602 e. The van der Waals surface area contributed by atoms with Crippen LogP contribution in [0.15, 0.2) is 118 Å². The number of rotatable bonds is 4. The fourth-order valence-electron chi connectivity index (χ4n) is 3.40. The van der Waals surface area contributed by atoms with Gasteiger partial charge in [0.15, 0.2) is 0 Å². The molecule has 0 atom stereocenters. The Balaban J connectivity index is 1.49. The number of para-hydroxylation sites is 3. The van der Waals surface area contributed by atoms with Gasteiger partial charge in [0.25, 0.3) is 0 Å². The van der Waals surface area contributed by atoms with E-state index >= 15 is 0 Å². The molecule has 4 aromatic rings. The Morgan fingerprint density at radius 2 is 1.38 bits per heavy atom. The number of anilines is 4. The van der Waals surface area contributed by atoms with Crippen LogP contribution in [0.2, 0.25) is 0 Å². The summed E-state index contributed by atoms with van der Waals surface area (Å²) < 4.78 is 0. The van der Waals surface area contributed by atoms with E-state index in [0.717, 1.165) is 16.9 Å². The lowest BCUT2D eigenvalue weighted by molar-refractivity contribution is 1.16. The minimum atomic E-state index is 0.972. The molecule has 1 aliphatic heterocycles. The van der Waals surface area contributed by atoms with Crippen LogP contribution in [0.5, 0.6) is 0 Å². The molecule has 0 bridgehead atoms. The zero-order valence-electron chi connectivity index (χ0n) is 15.7. The van der Waals surface area contributed by atoms with Gasteiger partial charge in [0.2, 0.25) is 0 Å². The number of nitrogens with zero attached hydrogens (tertiary/aromatic N) is 2. The fraction of sp³-hybridized carbons (Fsp3) is 0. The van der Waals surface area contributed by atoms with E-state index < -0.39 is 0 Å². The third-order valence-electron chi connectivity index (χ3n) is 4.75. The van der Waals surface area contributed by atoms with Crippen LogP contribution < -0.4 is 10.3 Å². The summed E-state index contributed by atoms with van der Waals surface area (Å²) in [5.74, 6) is 0. The second kappa shape index (κ2) is 7.86. The van der Waals surface area contributed by atoms with Gasteiger partial charge in [-0.3, -0.25) is 5.43 Å². The normalized spacial score (nSPS) is 12.5. The van der Waals surface area contributed by atoms with Crippen LogP contribution in [0.1, 0.15) is 5.56 Å². The van der Waals surface area contributed by atoms with Crippen molar-refractivity contribution in [3.63, 3.8) is 0 Å². The fourth-order valence-corrected chi connectivity index (χ4v) is 4.51. The Bertz CT molecular complexity index is 1160. The van der Waals surface area contributed by atoms with Crippen molar-refractivity contribution in [2.75, 3.05) is 10.3 Å². The Labute approximate surface area is 174 Å². The molecule has 140 valence electrons. The van der Waals surface area contributed by atoms with Gasteiger partial charge in [-0.2, -0.15) is 5.10 Å². The number of hydrazone groups is 1. The first-order valence-corrected chi connectivity index (χ1v) is 10.3. The van der Waals surface area contributed by atoms with Crippen molar-refractivity contribution in [2.45, 2.75) is 9.79 Å². The van der Waals surface area contributed by atoms with Crippen molar-refractivity contribution < 1.29 is 0 Å². The lowest BCUT2D eigenvalue weighted by atomic mass is 10.1. The van der Waals surface area contributed by atoms with E-state index in [9.17, 15) is 0 Å². The van der Waals surface area contributed by atoms with Gasteiger partial charge in [0.05, 0.1) is 23.3 Å². The predicted molar refractivity (Wildman–Crippen MR) is 123 cm³/mol. The molecule has 4 aromatic carbocycles. The van der Waals surface area contributed by atoms with Gasteiger partial charge in [-0.15, -0.1) is 0 Å². The standard InChI is InChI=1S/C25H19N3S/c1-3-9-20(10-4-1)27-26-18-19-15-16-23-25(17-19)29-24-14-8-7-13-22(24)28(23)21-11-5-2-6-12-21/h1-18,27H/b26-18+. The SMILES string of the molecule is C(=N\Nc1ccccc1)/c1ccc2c(c1)Sc1ccccc1N2c1ccccc1. The highest BCUT2D eigenvalue weighted by Gasteiger charge is 2.24. The number of nitrogens with one attached hydrogen (secondary N) is 1. The molecule has 29 heavy (non-hydrogen) atoms. The highest BCUT2D eigenvalue weighted by Crippen LogP contribution is 2.51. The molecule has 0 spiro atoms. The predicted octanol–water partition coefficient (Wildman–Crippen LogP) is 7.07. The van der Waals surface area contributed by atoms with E-state index in [0.29, 0.717) is 0 Å².